The number of rotatable bonds is 4. The van der Waals surface area contributed by atoms with Crippen molar-refractivity contribution in [1.82, 2.24) is 5.32 Å². The fourth-order valence-corrected chi connectivity index (χ4v) is 3.72. The Morgan fingerprint density at radius 3 is 3.06 bits per heavy atom. The Balaban J connectivity index is 1.58. The molecular formula is C16H24N2. The highest BCUT2D eigenvalue weighted by Gasteiger charge is 2.27. The molecule has 2 atom stereocenters. The Morgan fingerprint density at radius 1 is 1.28 bits per heavy atom. The molecule has 2 unspecified atom stereocenters. The lowest BCUT2D eigenvalue weighted by molar-refractivity contribution is 0.401. The van der Waals surface area contributed by atoms with Crippen LogP contribution in [0, 0.1) is 5.92 Å². The van der Waals surface area contributed by atoms with E-state index in [1.807, 2.05) is 0 Å². The van der Waals surface area contributed by atoms with Gasteiger partial charge in [-0.05, 0) is 50.3 Å². The number of para-hydroxylation sites is 1. The van der Waals surface area contributed by atoms with Crippen LogP contribution in [-0.2, 0) is 6.42 Å². The molecule has 1 aliphatic carbocycles. The number of anilines is 1. The molecule has 1 fully saturated rings. The van der Waals surface area contributed by atoms with Gasteiger partial charge in [0.15, 0.2) is 0 Å². The topological polar surface area (TPSA) is 15.3 Å². The van der Waals surface area contributed by atoms with Crippen LogP contribution in [0.5, 0.6) is 0 Å². The van der Waals surface area contributed by atoms with E-state index in [1.165, 1.54) is 56.4 Å². The molecule has 2 nitrogen and oxygen atoms in total. The van der Waals surface area contributed by atoms with Crippen LogP contribution in [0.3, 0.4) is 0 Å². The summed E-state index contributed by atoms with van der Waals surface area (Å²) in [6, 6.07) is 9.66. The van der Waals surface area contributed by atoms with E-state index in [9.17, 15) is 0 Å². The van der Waals surface area contributed by atoms with Gasteiger partial charge in [-0.1, -0.05) is 24.6 Å². The first kappa shape index (κ1) is 12.0. The summed E-state index contributed by atoms with van der Waals surface area (Å²) in [7, 11) is 2.12. The van der Waals surface area contributed by atoms with Crippen molar-refractivity contribution in [3.63, 3.8) is 0 Å². The van der Waals surface area contributed by atoms with Crippen LogP contribution in [-0.4, -0.2) is 26.2 Å². The standard InChI is InChI=1S/C16H24N2/c1-17-15-7-4-6-13(15)9-11-18-12-10-14-5-2-3-8-16(14)18/h2-3,5,8,13,15,17H,4,6-7,9-12H2,1H3. The Kier molecular flexibility index (Phi) is 3.55. The average molecular weight is 244 g/mol. The molecule has 2 aliphatic rings. The molecule has 0 saturated heterocycles. The molecule has 2 heteroatoms. The van der Waals surface area contributed by atoms with E-state index in [1.54, 1.807) is 0 Å². The van der Waals surface area contributed by atoms with Crippen LogP contribution in [0.25, 0.3) is 0 Å². The van der Waals surface area contributed by atoms with E-state index < -0.39 is 0 Å². The second kappa shape index (κ2) is 5.31. The Hall–Kier alpha value is -1.02. The highest BCUT2D eigenvalue weighted by molar-refractivity contribution is 5.57. The van der Waals surface area contributed by atoms with Gasteiger partial charge in [-0.15, -0.1) is 0 Å². The number of benzene rings is 1. The maximum Gasteiger partial charge on any atom is 0.0399 e. The fraction of sp³-hybridized carbons (Fsp3) is 0.625. The van der Waals surface area contributed by atoms with Gasteiger partial charge >= 0.3 is 0 Å². The fourth-order valence-electron chi connectivity index (χ4n) is 3.72. The molecule has 98 valence electrons. The Morgan fingerprint density at radius 2 is 2.17 bits per heavy atom. The zero-order valence-electron chi connectivity index (χ0n) is 11.4. The first-order valence-corrected chi connectivity index (χ1v) is 7.38. The largest absolute Gasteiger partial charge is 0.371 e. The smallest absolute Gasteiger partial charge is 0.0399 e. The summed E-state index contributed by atoms with van der Waals surface area (Å²) >= 11 is 0. The summed E-state index contributed by atoms with van der Waals surface area (Å²) in [5.74, 6) is 0.891. The van der Waals surface area contributed by atoms with Crippen LogP contribution < -0.4 is 10.2 Å². The van der Waals surface area contributed by atoms with Gasteiger partial charge in [-0.2, -0.15) is 0 Å². The van der Waals surface area contributed by atoms with E-state index >= 15 is 0 Å². The van der Waals surface area contributed by atoms with Gasteiger partial charge in [-0.3, -0.25) is 0 Å². The van der Waals surface area contributed by atoms with Crippen LogP contribution >= 0.6 is 0 Å². The van der Waals surface area contributed by atoms with Gasteiger partial charge in [0.05, 0.1) is 0 Å². The third-order valence-electron chi connectivity index (χ3n) is 4.78. The molecule has 0 bridgehead atoms. The molecule has 0 spiro atoms. The van der Waals surface area contributed by atoms with Crippen LogP contribution in [0.1, 0.15) is 31.2 Å². The second-order valence-electron chi connectivity index (χ2n) is 5.74. The summed E-state index contributed by atoms with van der Waals surface area (Å²) in [5, 5.41) is 3.49. The van der Waals surface area contributed by atoms with Gasteiger partial charge in [0.25, 0.3) is 0 Å². The molecular weight excluding hydrogens is 220 g/mol. The van der Waals surface area contributed by atoms with Crippen LogP contribution in [0.2, 0.25) is 0 Å². The normalized spacial score (nSPS) is 26.6. The number of fused-ring (bicyclic) bond motifs is 1. The monoisotopic (exact) mass is 244 g/mol. The lowest BCUT2D eigenvalue weighted by Crippen LogP contribution is -2.32. The predicted molar refractivity (Wildman–Crippen MR) is 77.2 cm³/mol. The molecule has 3 rings (SSSR count). The van der Waals surface area contributed by atoms with Crippen molar-refractivity contribution in [2.24, 2.45) is 5.92 Å². The van der Waals surface area contributed by atoms with E-state index in [4.69, 9.17) is 0 Å². The summed E-state index contributed by atoms with van der Waals surface area (Å²) < 4.78 is 0. The van der Waals surface area contributed by atoms with E-state index in [0.717, 1.165) is 12.0 Å². The quantitative estimate of drug-likeness (QED) is 0.876. The van der Waals surface area contributed by atoms with Crippen LogP contribution in [0.15, 0.2) is 24.3 Å². The highest BCUT2D eigenvalue weighted by atomic mass is 15.1. The summed E-state index contributed by atoms with van der Waals surface area (Å²) in [4.78, 5) is 2.58. The maximum atomic E-state index is 3.49. The molecule has 1 aliphatic heterocycles. The predicted octanol–water partition coefficient (Wildman–Crippen LogP) is 2.83. The summed E-state index contributed by atoms with van der Waals surface area (Å²) in [5.41, 5.74) is 3.02. The zero-order valence-corrected chi connectivity index (χ0v) is 11.4. The third kappa shape index (κ3) is 2.26. The van der Waals surface area contributed by atoms with Gasteiger partial charge in [0.2, 0.25) is 0 Å². The minimum Gasteiger partial charge on any atom is -0.371 e. The van der Waals surface area contributed by atoms with Crippen molar-refractivity contribution < 1.29 is 0 Å². The Labute approximate surface area is 110 Å². The second-order valence-corrected chi connectivity index (χ2v) is 5.74. The molecule has 0 aromatic heterocycles. The van der Waals surface area contributed by atoms with Crippen molar-refractivity contribution in [2.75, 3.05) is 25.0 Å². The van der Waals surface area contributed by atoms with Crippen molar-refractivity contribution in [3.8, 4) is 0 Å². The van der Waals surface area contributed by atoms with E-state index in [2.05, 4.69) is 41.5 Å². The number of nitrogens with one attached hydrogen (secondary N) is 1. The highest BCUT2D eigenvalue weighted by Crippen LogP contribution is 2.31. The number of hydrogen-bond acceptors (Lipinski definition) is 2. The molecule has 1 aromatic carbocycles. The SMILES string of the molecule is CNC1CCCC1CCN1CCc2ccccc21. The zero-order chi connectivity index (χ0) is 12.4. The summed E-state index contributed by atoms with van der Waals surface area (Å²) in [6.07, 6.45) is 6.78. The van der Waals surface area contributed by atoms with Gasteiger partial charge in [0, 0.05) is 24.8 Å². The van der Waals surface area contributed by atoms with Crippen LogP contribution in [0.4, 0.5) is 5.69 Å². The van der Waals surface area contributed by atoms with Crippen molar-refractivity contribution >= 4 is 5.69 Å². The van der Waals surface area contributed by atoms with Gasteiger partial charge in [0.1, 0.15) is 0 Å². The van der Waals surface area contributed by atoms with E-state index in [0.29, 0.717) is 0 Å². The molecule has 1 saturated carbocycles. The minimum atomic E-state index is 0.767. The molecule has 0 radical (unpaired) electrons. The molecule has 1 aromatic rings. The third-order valence-corrected chi connectivity index (χ3v) is 4.78. The molecule has 1 N–H and O–H groups in total. The van der Waals surface area contributed by atoms with Crippen molar-refractivity contribution in [1.29, 1.82) is 0 Å². The number of nitrogens with zero attached hydrogens (tertiary/aromatic N) is 1. The minimum absolute atomic E-state index is 0.767. The first-order chi connectivity index (χ1) is 8.88. The van der Waals surface area contributed by atoms with Crippen molar-refractivity contribution in [2.45, 2.75) is 38.1 Å². The van der Waals surface area contributed by atoms with Gasteiger partial charge < -0.3 is 10.2 Å². The number of hydrogen-bond donors (Lipinski definition) is 1. The first-order valence-electron chi connectivity index (χ1n) is 7.38. The van der Waals surface area contributed by atoms with Crippen molar-refractivity contribution in [3.05, 3.63) is 29.8 Å². The molecule has 18 heavy (non-hydrogen) atoms. The lowest BCUT2D eigenvalue weighted by Gasteiger charge is -2.24. The summed E-state index contributed by atoms with van der Waals surface area (Å²) in [6.45, 7) is 2.45. The molecule has 1 heterocycles. The lowest BCUT2D eigenvalue weighted by atomic mass is 9.99. The van der Waals surface area contributed by atoms with Gasteiger partial charge in [-0.25, -0.2) is 0 Å². The molecule has 0 amide bonds. The van der Waals surface area contributed by atoms with E-state index in [-0.39, 0.29) is 0 Å². The Bertz CT molecular complexity index is 402. The average Bonchev–Trinajstić information content (AvgIpc) is 3.02. The maximum absolute atomic E-state index is 3.49.